The van der Waals surface area contributed by atoms with Crippen LogP contribution in [0.4, 0.5) is 0 Å². The minimum atomic E-state index is -4.99. The van der Waals surface area contributed by atoms with Gasteiger partial charge in [0.1, 0.15) is 19.3 Å². The molecule has 17 nitrogen and oxygen atoms in total. The molecular weight excluding hydrogens is 1310 g/mol. The van der Waals surface area contributed by atoms with Crippen molar-refractivity contribution < 1.29 is 80.2 Å². The molecule has 0 amide bonds. The lowest BCUT2D eigenvalue weighted by Gasteiger charge is -2.21. The van der Waals surface area contributed by atoms with Gasteiger partial charge in [-0.15, -0.1) is 0 Å². The van der Waals surface area contributed by atoms with E-state index in [-0.39, 0.29) is 25.7 Å². The van der Waals surface area contributed by atoms with Gasteiger partial charge in [-0.2, -0.15) is 0 Å². The quantitative estimate of drug-likeness (QED) is 0.0128. The lowest BCUT2D eigenvalue weighted by molar-refractivity contribution is -0.161. The average molecular weight is 1450 g/mol. The number of phosphoric ester groups is 2. The summed E-state index contributed by atoms with van der Waals surface area (Å²) >= 11 is 0. The summed E-state index contributed by atoms with van der Waals surface area (Å²) in [5.41, 5.74) is 0. The van der Waals surface area contributed by atoms with E-state index in [1.807, 2.05) is 12.2 Å². The Hall–Kier alpha value is -4.28. The summed E-state index contributed by atoms with van der Waals surface area (Å²) < 4.78 is 68.4. The van der Waals surface area contributed by atoms with Crippen molar-refractivity contribution in [3.8, 4) is 0 Å². The maximum Gasteiger partial charge on any atom is 0.472 e. The molecule has 3 N–H and O–H groups in total. The Kier molecular flexibility index (Phi) is 69.9. The van der Waals surface area contributed by atoms with Crippen molar-refractivity contribution in [1.29, 1.82) is 0 Å². The normalized spacial score (nSPS) is 14.5. The van der Waals surface area contributed by atoms with Gasteiger partial charge in [0, 0.05) is 25.7 Å². The number of aliphatic hydroxyl groups excluding tert-OH is 1. The van der Waals surface area contributed by atoms with Gasteiger partial charge in [0.2, 0.25) is 0 Å². The molecule has 0 spiro atoms. The van der Waals surface area contributed by atoms with Crippen LogP contribution in [0, 0.1) is 0 Å². The van der Waals surface area contributed by atoms with E-state index in [4.69, 9.17) is 37.0 Å². The topological polar surface area (TPSA) is 237 Å². The maximum atomic E-state index is 13.1. The largest absolute Gasteiger partial charge is 0.472 e. The number of allylic oxidation sites excluding steroid dienone is 18. The predicted molar refractivity (Wildman–Crippen MR) is 408 cm³/mol. The summed E-state index contributed by atoms with van der Waals surface area (Å²) in [6, 6.07) is 0. The summed E-state index contributed by atoms with van der Waals surface area (Å²) in [4.78, 5) is 72.9. The first-order chi connectivity index (χ1) is 48.7. The molecule has 576 valence electrons. The Bertz CT molecular complexity index is 2320. The number of ether oxygens (including phenoxy) is 4. The Morgan fingerprint density at radius 1 is 0.290 bits per heavy atom. The van der Waals surface area contributed by atoms with Gasteiger partial charge in [0.05, 0.1) is 26.4 Å². The highest BCUT2D eigenvalue weighted by Gasteiger charge is 2.30. The summed E-state index contributed by atoms with van der Waals surface area (Å²) in [5, 5.41) is 10.6. The number of carbonyl (C=O) groups is 4. The van der Waals surface area contributed by atoms with Crippen LogP contribution in [-0.4, -0.2) is 96.7 Å². The molecule has 0 aromatic carbocycles. The Morgan fingerprint density at radius 2 is 0.530 bits per heavy atom. The Balaban J connectivity index is 5.42. The summed E-state index contributed by atoms with van der Waals surface area (Å²) in [6.45, 7) is 4.69. The molecule has 0 aromatic heterocycles. The molecular formula is C81H140O17P2. The second-order valence-electron chi connectivity index (χ2n) is 26.0. The van der Waals surface area contributed by atoms with Crippen LogP contribution in [-0.2, 0) is 65.4 Å². The second-order valence-corrected chi connectivity index (χ2v) is 28.9. The molecule has 100 heavy (non-hydrogen) atoms. The zero-order valence-corrected chi connectivity index (χ0v) is 64.6. The molecule has 0 rings (SSSR count). The van der Waals surface area contributed by atoms with Crippen LogP contribution in [0.5, 0.6) is 0 Å². The molecule has 5 atom stereocenters. The van der Waals surface area contributed by atoms with Crippen molar-refractivity contribution in [3.05, 3.63) is 109 Å². The Labute approximate surface area is 607 Å². The highest BCUT2D eigenvalue weighted by atomic mass is 31.2. The van der Waals surface area contributed by atoms with E-state index < -0.39 is 97.5 Å². The summed E-state index contributed by atoms with van der Waals surface area (Å²) in [6.07, 6.45) is 77.9. The van der Waals surface area contributed by atoms with Crippen LogP contribution < -0.4 is 0 Å². The lowest BCUT2D eigenvalue weighted by Crippen LogP contribution is -2.30. The zero-order valence-electron chi connectivity index (χ0n) is 62.8. The van der Waals surface area contributed by atoms with E-state index in [1.54, 1.807) is 0 Å². The van der Waals surface area contributed by atoms with E-state index in [9.17, 15) is 43.2 Å². The minimum Gasteiger partial charge on any atom is -0.462 e. The van der Waals surface area contributed by atoms with E-state index in [2.05, 4.69) is 125 Å². The monoisotopic (exact) mass is 1450 g/mol. The van der Waals surface area contributed by atoms with Gasteiger partial charge in [0.15, 0.2) is 12.2 Å². The highest BCUT2D eigenvalue weighted by Crippen LogP contribution is 2.45. The van der Waals surface area contributed by atoms with Crippen molar-refractivity contribution in [2.75, 3.05) is 39.6 Å². The van der Waals surface area contributed by atoms with Crippen molar-refractivity contribution in [2.24, 2.45) is 0 Å². The number of aliphatic hydroxyl groups is 1. The fourth-order valence-corrected chi connectivity index (χ4v) is 11.7. The smallest absolute Gasteiger partial charge is 0.462 e. The third-order valence-electron chi connectivity index (χ3n) is 16.2. The molecule has 0 aliphatic heterocycles. The first-order valence-corrected chi connectivity index (χ1v) is 42.1. The van der Waals surface area contributed by atoms with Crippen LogP contribution in [0.2, 0.25) is 0 Å². The molecule has 0 saturated carbocycles. The third-order valence-corrected chi connectivity index (χ3v) is 18.1. The van der Waals surface area contributed by atoms with Gasteiger partial charge in [-0.25, -0.2) is 9.13 Å². The van der Waals surface area contributed by atoms with Gasteiger partial charge < -0.3 is 33.8 Å². The summed E-state index contributed by atoms with van der Waals surface area (Å²) in [7, 11) is -9.98. The van der Waals surface area contributed by atoms with E-state index in [1.165, 1.54) is 89.9 Å². The molecule has 0 fully saturated rings. The van der Waals surface area contributed by atoms with E-state index >= 15 is 0 Å². The van der Waals surface area contributed by atoms with Crippen LogP contribution in [0.25, 0.3) is 0 Å². The first-order valence-electron chi connectivity index (χ1n) is 39.1. The number of hydrogen-bond donors (Lipinski definition) is 3. The van der Waals surface area contributed by atoms with E-state index in [0.717, 1.165) is 148 Å². The van der Waals surface area contributed by atoms with Crippen molar-refractivity contribution in [3.63, 3.8) is 0 Å². The zero-order chi connectivity index (χ0) is 73.2. The van der Waals surface area contributed by atoms with Gasteiger partial charge in [0.25, 0.3) is 0 Å². The molecule has 0 aromatic rings. The molecule has 0 heterocycles. The van der Waals surface area contributed by atoms with Crippen molar-refractivity contribution >= 4 is 39.5 Å². The highest BCUT2D eigenvalue weighted by molar-refractivity contribution is 7.47. The number of unbranched alkanes of at least 4 members (excludes halogenated alkanes) is 30. The predicted octanol–water partition coefficient (Wildman–Crippen LogP) is 22.6. The second kappa shape index (κ2) is 73.0. The average Bonchev–Trinajstić information content (AvgIpc) is 0.965. The van der Waals surface area contributed by atoms with Crippen molar-refractivity contribution in [1.82, 2.24) is 0 Å². The third kappa shape index (κ3) is 72.1. The minimum absolute atomic E-state index is 0.0719. The Morgan fingerprint density at radius 3 is 0.880 bits per heavy atom. The number of rotatable bonds is 73. The molecule has 0 aliphatic rings. The molecule has 0 saturated heterocycles. The van der Waals surface area contributed by atoms with Crippen molar-refractivity contribution in [2.45, 2.75) is 341 Å². The number of carbonyl (C=O) groups excluding carboxylic acids is 4. The SMILES string of the molecule is CCCCC/C=C\C/C=C\C/C=C\C/C=C\CCCC(=O)OC[C@H](COP(=O)(O)OC[C@H](O)COP(=O)(O)OC[C@@H](COC(=O)CCCCCCC/C=C\C=C/CCCCCC)OC(=O)CCCCCCC/C=C\C/C=C\CCCCC)OC(=O)CCCCCCC/C=C\CCCCCC. The number of phosphoric acid groups is 2. The van der Waals surface area contributed by atoms with Crippen LogP contribution >= 0.6 is 15.6 Å². The van der Waals surface area contributed by atoms with Gasteiger partial charge in [-0.3, -0.25) is 37.3 Å². The van der Waals surface area contributed by atoms with Gasteiger partial charge in [-0.1, -0.05) is 259 Å². The molecule has 19 heteroatoms. The molecule has 0 aliphatic carbocycles. The molecule has 2 unspecified atom stereocenters. The number of hydrogen-bond acceptors (Lipinski definition) is 15. The standard InChI is InChI=1S/C81H140O17P2/c1-5-9-13-17-21-25-29-33-36-37-40-43-46-50-54-58-62-66-79(84)92-71-76(97-80(85)67-63-59-55-51-47-41-32-28-24-20-16-12-8-4)73-95-99(87,88)93-69-75(82)70-94-100(89,90)96-74-77(98-81(86)68-64-60-56-52-48-44-39-35-31-27-23-19-15-11-7-3)72-91-78(83)65-61-57-53-49-45-42-38-34-30-26-22-18-14-10-6-2/h21,23,25-28,30,32-36,38-40,43,50,54,75-77,82H,5-20,22,24,29,31,37,41-42,44-49,51-53,55-74H2,1-4H3,(H,87,88)(H,89,90)/b25-21-,27-23-,30-26-,32-28-,36-33-,38-34-,39-35-,43-40-,54-50-/t75-,76+,77+/m0/s1. The molecule has 0 radical (unpaired) electrons. The summed E-state index contributed by atoms with van der Waals surface area (Å²) in [5.74, 6) is -2.27. The van der Waals surface area contributed by atoms with Gasteiger partial charge >= 0.3 is 39.5 Å². The fourth-order valence-electron chi connectivity index (χ4n) is 10.2. The number of esters is 4. The van der Waals surface area contributed by atoms with E-state index in [0.29, 0.717) is 32.1 Å². The van der Waals surface area contributed by atoms with Crippen LogP contribution in [0.15, 0.2) is 109 Å². The molecule has 0 bridgehead atoms. The van der Waals surface area contributed by atoms with Crippen LogP contribution in [0.1, 0.15) is 323 Å². The fraction of sp³-hybridized carbons (Fsp3) is 0.728. The van der Waals surface area contributed by atoms with Crippen LogP contribution in [0.3, 0.4) is 0 Å². The maximum absolute atomic E-state index is 13.1. The van der Waals surface area contributed by atoms with Gasteiger partial charge in [-0.05, 0) is 148 Å². The lowest BCUT2D eigenvalue weighted by atomic mass is 10.1. The first kappa shape index (κ1) is 95.7.